The molecule has 0 aliphatic heterocycles. The standard InChI is InChI=1S/C15H15FN2O2/c1-10(2)11-4-3-5-13(6-11)17-14-7-12(16)8-15(9-14)18(19)20/h3-10,17H,1-2H3. The molecule has 2 aromatic carbocycles. The number of halogens is 1. The van der Waals surface area contributed by atoms with Gasteiger partial charge in [0.15, 0.2) is 0 Å². The minimum absolute atomic E-state index is 0.271. The number of benzene rings is 2. The van der Waals surface area contributed by atoms with Crippen molar-refractivity contribution in [2.75, 3.05) is 5.32 Å². The largest absolute Gasteiger partial charge is 0.355 e. The minimum atomic E-state index is -0.637. The van der Waals surface area contributed by atoms with Gasteiger partial charge in [-0.15, -0.1) is 0 Å². The Morgan fingerprint density at radius 3 is 2.55 bits per heavy atom. The topological polar surface area (TPSA) is 55.2 Å². The smallest absolute Gasteiger partial charge is 0.274 e. The van der Waals surface area contributed by atoms with Crippen molar-refractivity contribution < 1.29 is 9.31 Å². The van der Waals surface area contributed by atoms with Gasteiger partial charge in [0.25, 0.3) is 5.69 Å². The Hall–Kier alpha value is -2.43. The lowest BCUT2D eigenvalue weighted by Gasteiger charge is -2.10. The van der Waals surface area contributed by atoms with Gasteiger partial charge in [-0.05, 0) is 29.7 Å². The van der Waals surface area contributed by atoms with E-state index < -0.39 is 10.7 Å². The second-order valence-corrected chi connectivity index (χ2v) is 4.86. The minimum Gasteiger partial charge on any atom is -0.355 e. The maximum absolute atomic E-state index is 13.4. The Balaban J connectivity index is 2.30. The van der Waals surface area contributed by atoms with E-state index in [0.29, 0.717) is 11.6 Å². The Morgan fingerprint density at radius 1 is 1.15 bits per heavy atom. The van der Waals surface area contributed by atoms with Gasteiger partial charge in [0.1, 0.15) is 5.82 Å². The van der Waals surface area contributed by atoms with Crippen LogP contribution in [0, 0.1) is 15.9 Å². The van der Waals surface area contributed by atoms with Crippen LogP contribution >= 0.6 is 0 Å². The van der Waals surface area contributed by atoms with Crippen LogP contribution in [-0.4, -0.2) is 4.92 Å². The predicted octanol–water partition coefficient (Wildman–Crippen LogP) is 4.60. The third-order valence-electron chi connectivity index (χ3n) is 2.94. The number of nitrogens with zero attached hydrogens (tertiary/aromatic N) is 1. The van der Waals surface area contributed by atoms with Crippen LogP contribution in [0.15, 0.2) is 42.5 Å². The summed E-state index contributed by atoms with van der Waals surface area (Å²) in [6.45, 7) is 4.15. The molecule has 0 aliphatic rings. The van der Waals surface area contributed by atoms with E-state index in [0.717, 1.165) is 17.3 Å². The van der Waals surface area contributed by atoms with Crippen LogP contribution in [-0.2, 0) is 0 Å². The molecule has 4 nitrogen and oxygen atoms in total. The summed E-state index contributed by atoms with van der Waals surface area (Å²) in [7, 11) is 0. The maximum Gasteiger partial charge on any atom is 0.274 e. The molecule has 0 heterocycles. The highest BCUT2D eigenvalue weighted by Crippen LogP contribution is 2.25. The van der Waals surface area contributed by atoms with Gasteiger partial charge in [0.05, 0.1) is 11.0 Å². The summed E-state index contributed by atoms with van der Waals surface area (Å²) in [5.41, 5.74) is 2.00. The monoisotopic (exact) mass is 274 g/mol. The summed E-state index contributed by atoms with van der Waals surface area (Å²) in [5, 5.41) is 13.7. The van der Waals surface area contributed by atoms with Gasteiger partial charge in [-0.1, -0.05) is 26.0 Å². The quantitative estimate of drug-likeness (QED) is 0.654. The molecule has 0 aromatic heterocycles. The number of nitrogens with one attached hydrogen (secondary N) is 1. The van der Waals surface area contributed by atoms with E-state index in [4.69, 9.17) is 0 Å². The molecule has 0 unspecified atom stereocenters. The van der Waals surface area contributed by atoms with Crippen molar-refractivity contribution in [1.82, 2.24) is 0 Å². The van der Waals surface area contributed by atoms with Gasteiger partial charge in [0, 0.05) is 17.4 Å². The van der Waals surface area contributed by atoms with Crippen molar-refractivity contribution in [2.24, 2.45) is 0 Å². The fraction of sp³-hybridized carbons (Fsp3) is 0.200. The highest BCUT2D eigenvalue weighted by Gasteiger charge is 2.10. The van der Waals surface area contributed by atoms with Crippen LogP contribution in [0.3, 0.4) is 0 Å². The number of hydrogen-bond donors (Lipinski definition) is 1. The van der Waals surface area contributed by atoms with E-state index in [1.165, 1.54) is 12.1 Å². The molecule has 0 amide bonds. The normalized spacial score (nSPS) is 10.6. The van der Waals surface area contributed by atoms with Crippen molar-refractivity contribution in [3.8, 4) is 0 Å². The Bertz CT molecular complexity index is 642. The molecular formula is C15H15FN2O2. The predicted molar refractivity (Wildman–Crippen MR) is 76.9 cm³/mol. The zero-order valence-corrected chi connectivity index (χ0v) is 11.3. The van der Waals surface area contributed by atoms with Crippen LogP contribution in [0.1, 0.15) is 25.3 Å². The summed E-state index contributed by atoms with van der Waals surface area (Å²) >= 11 is 0. The molecule has 0 aliphatic carbocycles. The molecule has 0 atom stereocenters. The molecule has 2 aromatic rings. The number of non-ortho nitro benzene ring substituents is 1. The van der Waals surface area contributed by atoms with Gasteiger partial charge in [0.2, 0.25) is 0 Å². The molecule has 5 heteroatoms. The van der Waals surface area contributed by atoms with Crippen LogP contribution in [0.4, 0.5) is 21.5 Å². The Morgan fingerprint density at radius 2 is 1.90 bits per heavy atom. The van der Waals surface area contributed by atoms with Crippen LogP contribution in [0.25, 0.3) is 0 Å². The van der Waals surface area contributed by atoms with Gasteiger partial charge in [-0.3, -0.25) is 10.1 Å². The average Bonchev–Trinajstić information content (AvgIpc) is 2.38. The van der Waals surface area contributed by atoms with Gasteiger partial charge in [-0.25, -0.2) is 4.39 Å². The van der Waals surface area contributed by atoms with E-state index in [2.05, 4.69) is 19.2 Å². The van der Waals surface area contributed by atoms with E-state index in [1.54, 1.807) is 0 Å². The summed E-state index contributed by atoms with van der Waals surface area (Å²) in [5.74, 6) is -0.264. The first-order valence-corrected chi connectivity index (χ1v) is 6.27. The molecule has 0 radical (unpaired) electrons. The van der Waals surface area contributed by atoms with Crippen molar-refractivity contribution in [2.45, 2.75) is 19.8 Å². The van der Waals surface area contributed by atoms with Crippen molar-refractivity contribution >= 4 is 17.1 Å². The SMILES string of the molecule is CC(C)c1cccc(Nc2cc(F)cc([N+](=O)[O-])c2)c1. The Labute approximate surface area is 116 Å². The molecule has 0 spiro atoms. The average molecular weight is 274 g/mol. The van der Waals surface area contributed by atoms with Crippen molar-refractivity contribution in [3.05, 3.63) is 64.0 Å². The number of nitro benzene ring substituents is 1. The first kappa shape index (κ1) is 14.0. The van der Waals surface area contributed by atoms with Gasteiger partial charge >= 0.3 is 0 Å². The van der Waals surface area contributed by atoms with Gasteiger partial charge in [-0.2, -0.15) is 0 Å². The molecular weight excluding hydrogens is 259 g/mol. The van der Waals surface area contributed by atoms with Crippen LogP contribution in [0.5, 0.6) is 0 Å². The first-order chi connectivity index (χ1) is 9.45. The third kappa shape index (κ3) is 3.32. The second-order valence-electron chi connectivity index (χ2n) is 4.86. The second kappa shape index (κ2) is 5.69. The summed E-state index contributed by atoms with van der Waals surface area (Å²) < 4.78 is 13.4. The summed E-state index contributed by atoms with van der Waals surface area (Å²) in [4.78, 5) is 10.1. The van der Waals surface area contributed by atoms with E-state index in [9.17, 15) is 14.5 Å². The molecule has 20 heavy (non-hydrogen) atoms. The number of rotatable bonds is 4. The molecule has 0 saturated heterocycles. The molecule has 0 fully saturated rings. The van der Waals surface area contributed by atoms with E-state index in [-0.39, 0.29) is 5.69 Å². The summed E-state index contributed by atoms with van der Waals surface area (Å²) in [6, 6.07) is 11.1. The van der Waals surface area contributed by atoms with Crippen LogP contribution < -0.4 is 5.32 Å². The van der Waals surface area contributed by atoms with E-state index in [1.807, 2.05) is 24.3 Å². The maximum atomic E-state index is 13.4. The molecule has 1 N–H and O–H groups in total. The molecule has 104 valence electrons. The Kier molecular flexibility index (Phi) is 3.98. The fourth-order valence-corrected chi connectivity index (χ4v) is 1.89. The fourth-order valence-electron chi connectivity index (χ4n) is 1.89. The van der Waals surface area contributed by atoms with E-state index >= 15 is 0 Å². The van der Waals surface area contributed by atoms with Gasteiger partial charge < -0.3 is 5.32 Å². The molecule has 0 bridgehead atoms. The lowest BCUT2D eigenvalue weighted by atomic mass is 10.0. The summed E-state index contributed by atoms with van der Waals surface area (Å²) in [6.07, 6.45) is 0. The first-order valence-electron chi connectivity index (χ1n) is 6.27. The lowest BCUT2D eigenvalue weighted by Crippen LogP contribution is -1.96. The van der Waals surface area contributed by atoms with Crippen molar-refractivity contribution in [1.29, 1.82) is 0 Å². The highest BCUT2D eigenvalue weighted by atomic mass is 19.1. The number of hydrogen-bond acceptors (Lipinski definition) is 3. The lowest BCUT2D eigenvalue weighted by molar-refractivity contribution is -0.385. The number of nitro groups is 1. The highest BCUT2D eigenvalue weighted by molar-refractivity contribution is 5.63. The van der Waals surface area contributed by atoms with Crippen molar-refractivity contribution in [3.63, 3.8) is 0 Å². The third-order valence-corrected chi connectivity index (χ3v) is 2.94. The molecule has 2 rings (SSSR count). The van der Waals surface area contributed by atoms with Crippen LogP contribution in [0.2, 0.25) is 0 Å². The zero-order chi connectivity index (χ0) is 14.7. The molecule has 0 saturated carbocycles. The zero-order valence-electron chi connectivity index (χ0n) is 11.3. The number of anilines is 2.